The van der Waals surface area contributed by atoms with Gasteiger partial charge in [-0.2, -0.15) is 0 Å². The number of halogens is 1. The first-order valence-corrected chi connectivity index (χ1v) is 7.68. The molecule has 0 aliphatic carbocycles. The molecule has 2 N–H and O–H groups in total. The summed E-state index contributed by atoms with van der Waals surface area (Å²) in [6.07, 6.45) is 0.672. The molecule has 1 aromatic heterocycles. The average molecular weight is 335 g/mol. The van der Waals surface area contributed by atoms with Gasteiger partial charge in [0.05, 0.1) is 17.8 Å². The molecule has 1 amide bonds. The van der Waals surface area contributed by atoms with Gasteiger partial charge in [0.1, 0.15) is 0 Å². The number of nitrogens with zero attached hydrogens (tertiary/aromatic N) is 1. The van der Waals surface area contributed by atoms with Crippen molar-refractivity contribution in [3.8, 4) is 5.88 Å². The van der Waals surface area contributed by atoms with E-state index in [4.69, 9.17) is 16.3 Å². The van der Waals surface area contributed by atoms with E-state index >= 15 is 0 Å². The molecule has 1 heterocycles. The quantitative estimate of drug-likeness (QED) is 0.852. The van der Waals surface area contributed by atoms with E-state index in [1.807, 2.05) is 13.8 Å². The van der Waals surface area contributed by atoms with E-state index in [1.165, 1.54) is 6.20 Å². The zero-order valence-corrected chi connectivity index (χ0v) is 13.7. The summed E-state index contributed by atoms with van der Waals surface area (Å²) in [5.41, 5.74) is 1.10. The number of pyridine rings is 1. The lowest BCUT2D eigenvalue weighted by atomic mass is 10.1. The number of nitrogens with one attached hydrogen (secondary N) is 1. The van der Waals surface area contributed by atoms with Crippen LogP contribution in [0.2, 0.25) is 5.02 Å². The fourth-order valence-corrected chi connectivity index (χ4v) is 2.05. The monoisotopic (exact) mass is 334 g/mol. The van der Waals surface area contributed by atoms with Crippen LogP contribution in [0.4, 0.5) is 0 Å². The molecule has 23 heavy (non-hydrogen) atoms. The molecule has 0 fully saturated rings. The van der Waals surface area contributed by atoms with Crippen LogP contribution in [-0.4, -0.2) is 28.6 Å². The Morgan fingerprint density at radius 3 is 2.52 bits per heavy atom. The van der Waals surface area contributed by atoms with Crippen LogP contribution >= 0.6 is 11.6 Å². The molecule has 0 aliphatic heterocycles. The Morgan fingerprint density at radius 1 is 1.26 bits per heavy atom. The number of hydrogen-bond donors (Lipinski definition) is 2. The summed E-state index contributed by atoms with van der Waals surface area (Å²) in [5, 5.41) is 13.3. The fraction of sp³-hybridized carbons (Fsp3) is 0.294. The molecular formula is C17H19ClN2O3. The number of carbonyl (C=O) groups is 1. The normalized spacial score (nSPS) is 12.0. The zero-order chi connectivity index (χ0) is 16.8. The summed E-state index contributed by atoms with van der Waals surface area (Å²) in [6, 6.07) is 10.1. The third-order valence-electron chi connectivity index (χ3n) is 3.07. The first-order chi connectivity index (χ1) is 11.0. The van der Waals surface area contributed by atoms with Gasteiger partial charge in [-0.3, -0.25) is 4.79 Å². The SMILES string of the molecule is CC(C)Oc1ccc(C(=O)NCC(O)c2ccc(Cl)cc2)cn1. The van der Waals surface area contributed by atoms with Gasteiger partial charge < -0.3 is 15.2 Å². The predicted octanol–water partition coefficient (Wildman–Crippen LogP) is 2.99. The molecule has 2 aromatic rings. The van der Waals surface area contributed by atoms with Crippen molar-refractivity contribution in [2.75, 3.05) is 6.54 Å². The van der Waals surface area contributed by atoms with Crippen molar-refractivity contribution in [3.05, 3.63) is 58.7 Å². The molecule has 0 bridgehead atoms. The van der Waals surface area contributed by atoms with Crippen LogP contribution in [0.25, 0.3) is 0 Å². The third kappa shape index (κ3) is 5.23. The topological polar surface area (TPSA) is 71.5 Å². The van der Waals surface area contributed by atoms with E-state index in [9.17, 15) is 9.90 Å². The van der Waals surface area contributed by atoms with Gasteiger partial charge in [0.15, 0.2) is 0 Å². The smallest absolute Gasteiger partial charge is 0.252 e. The van der Waals surface area contributed by atoms with E-state index in [0.717, 1.165) is 0 Å². The minimum atomic E-state index is -0.798. The molecule has 6 heteroatoms. The van der Waals surface area contributed by atoms with E-state index < -0.39 is 6.10 Å². The molecule has 1 atom stereocenters. The molecule has 0 aliphatic rings. The van der Waals surface area contributed by atoms with Gasteiger partial charge in [-0.15, -0.1) is 0 Å². The Kier molecular flexibility index (Phi) is 5.96. The summed E-state index contributed by atoms with van der Waals surface area (Å²) in [5.74, 6) is 0.166. The van der Waals surface area contributed by atoms with Crippen molar-refractivity contribution in [1.29, 1.82) is 0 Å². The number of ether oxygens (including phenoxy) is 1. The summed E-state index contributed by atoms with van der Waals surface area (Å²) in [6.45, 7) is 3.91. The van der Waals surface area contributed by atoms with Gasteiger partial charge in [0, 0.05) is 23.8 Å². The highest BCUT2D eigenvalue weighted by Crippen LogP contribution is 2.16. The van der Waals surface area contributed by atoms with Crippen LogP contribution in [0, 0.1) is 0 Å². The lowest BCUT2D eigenvalue weighted by Gasteiger charge is -2.13. The number of aromatic nitrogens is 1. The van der Waals surface area contributed by atoms with Crippen molar-refractivity contribution >= 4 is 17.5 Å². The van der Waals surface area contributed by atoms with Crippen LogP contribution in [0.1, 0.15) is 35.9 Å². The largest absolute Gasteiger partial charge is 0.475 e. The average Bonchev–Trinajstić information content (AvgIpc) is 2.53. The maximum absolute atomic E-state index is 12.0. The van der Waals surface area contributed by atoms with Crippen LogP contribution < -0.4 is 10.1 Å². The predicted molar refractivity (Wildman–Crippen MR) is 88.7 cm³/mol. The molecule has 1 aromatic carbocycles. The van der Waals surface area contributed by atoms with Gasteiger partial charge >= 0.3 is 0 Å². The minimum absolute atomic E-state index is 0.0247. The third-order valence-corrected chi connectivity index (χ3v) is 3.32. The lowest BCUT2D eigenvalue weighted by Crippen LogP contribution is -2.28. The van der Waals surface area contributed by atoms with Crippen molar-refractivity contribution in [3.63, 3.8) is 0 Å². The first-order valence-electron chi connectivity index (χ1n) is 7.30. The van der Waals surface area contributed by atoms with Gasteiger partial charge in [-0.1, -0.05) is 23.7 Å². The standard InChI is InChI=1S/C17H19ClN2O3/c1-11(2)23-16-8-5-13(9-19-16)17(22)20-10-15(21)12-3-6-14(18)7-4-12/h3-9,11,15,21H,10H2,1-2H3,(H,20,22). The molecule has 1 unspecified atom stereocenters. The van der Waals surface area contributed by atoms with Crippen LogP contribution in [0.3, 0.4) is 0 Å². The highest BCUT2D eigenvalue weighted by Gasteiger charge is 2.11. The van der Waals surface area contributed by atoms with E-state index in [2.05, 4.69) is 10.3 Å². The fourth-order valence-electron chi connectivity index (χ4n) is 1.92. The summed E-state index contributed by atoms with van der Waals surface area (Å²) < 4.78 is 5.42. The number of hydrogen-bond acceptors (Lipinski definition) is 4. The Balaban J connectivity index is 1.90. The number of carbonyl (C=O) groups excluding carboxylic acids is 1. The summed E-state index contributed by atoms with van der Waals surface area (Å²) in [4.78, 5) is 16.1. The van der Waals surface area contributed by atoms with Crippen LogP contribution in [-0.2, 0) is 0 Å². The summed E-state index contributed by atoms with van der Waals surface area (Å²) >= 11 is 5.80. The molecule has 0 saturated carbocycles. The maximum Gasteiger partial charge on any atom is 0.252 e. The molecule has 0 radical (unpaired) electrons. The highest BCUT2D eigenvalue weighted by atomic mass is 35.5. The Bertz CT molecular complexity index is 642. The van der Waals surface area contributed by atoms with E-state index in [-0.39, 0.29) is 18.6 Å². The van der Waals surface area contributed by atoms with Crippen molar-refractivity contribution in [2.45, 2.75) is 26.1 Å². The molecule has 2 rings (SSSR count). The van der Waals surface area contributed by atoms with E-state index in [0.29, 0.717) is 22.0 Å². The second-order valence-electron chi connectivity index (χ2n) is 5.33. The van der Waals surface area contributed by atoms with Gasteiger partial charge in [0.2, 0.25) is 5.88 Å². The van der Waals surface area contributed by atoms with Gasteiger partial charge in [-0.05, 0) is 37.6 Å². The highest BCUT2D eigenvalue weighted by molar-refractivity contribution is 6.30. The van der Waals surface area contributed by atoms with Crippen molar-refractivity contribution in [2.24, 2.45) is 0 Å². The van der Waals surface area contributed by atoms with Crippen molar-refractivity contribution in [1.82, 2.24) is 10.3 Å². The lowest BCUT2D eigenvalue weighted by molar-refractivity contribution is 0.0916. The number of benzene rings is 1. The second kappa shape index (κ2) is 7.94. The first kappa shape index (κ1) is 17.2. The number of aliphatic hydroxyl groups excluding tert-OH is 1. The molecule has 0 spiro atoms. The van der Waals surface area contributed by atoms with E-state index in [1.54, 1.807) is 36.4 Å². The summed E-state index contributed by atoms with van der Waals surface area (Å²) in [7, 11) is 0. The van der Waals surface area contributed by atoms with Gasteiger partial charge in [-0.25, -0.2) is 4.98 Å². The second-order valence-corrected chi connectivity index (χ2v) is 5.77. The zero-order valence-electron chi connectivity index (χ0n) is 13.0. The Labute approximate surface area is 140 Å². The molecule has 0 saturated heterocycles. The Morgan fingerprint density at radius 2 is 1.96 bits per heavy atom. The molecule has 122 valence electrons. The van der Waals surface area contributed by atoms with Crippen LogP contribution in [0.15, 0.2) is 42.6 Å². The number of aliphatic hydroxyl groups is 1. The van der Waals surface area contributed by atoms with Crippen molar-refractivity contribution < 1.29 is 14.6 Å². The van der Waals surface area contributed by atoms with Gasteiger partial charge in [0.25, 0.3) is 5.91 Å². The Hall–Kier alpha value is -2.11. The van der Waals surface area contributed by atoms with Crippen LogP contribution in [0.5, 0.6) is 5.88 Å². The molecular weight excluding hydrogens is 316 g/mol. The maximum atomic E-state index is 12.0. The number of rotatable bonds is 6. The number of amides is 1. The molecule has 5 nitrogen and oxygen atoms in total. The minimum Gasteiger partial charge on any atom is -0.475 e.